The van der Waals surface area contributed by atoms with Gasteiger partial charge in [-0.05, 0) is 31.0 Å². The van der Waals surface area contributed by atoms with Crippen molar-refractivity contribution in [1.82, 2.24) is 25.7 Å². The molecule has 0 spiro atoms. The van der Waals surface area contributed by atoms with Crippen molar-refractivity contribution in [3.63, 3.8) is 0 Å². The Morgan fingerprint density at radius 3 is 3.16 bits per heavy atom. The summed E-state index contributed by atoms with van der Waals surface area (Å²) in [5.74, 6) is 0.980. The van der Waals surface area contributed by atoms with Crippen molar-refractivity contribution in [2.24, 2.45) is 0 Å². The fraction of sp³-hybridized carbons (Fsp3) is 0.462. The SMILES string of the molecule is c1cnnc(N2CCC[C@@H]2CNCc2ccn[nH]2)c1. The van der Waals surface area contributed by atoms with Gasteiger partial charge in [-0.3, -0.25) is 5.10 Å². The first-order chi connectivity index (χ1) is 9.43. The van der Waals surface area contributed by atoms with Gasteiger partial charge in [-0.15, -0.1) is 5.10 Å². The first-order valence-electron chi connectivity index (χ1n) is 6.67. The van der Waals surface area contributed by atoms with Gasteiger partial charge < -0.3 is 10.2 Å². The van der Waals surface area contributed by atoms with Crippen LogP contribution in [0.3, 0.4) is 0 Å². The summed E-state index contributed by atoms with van der Waals surface area (Å²) in [4.78, 5) is 2.34. The van der Waals surface area contributed by atoms with E-state index in [-0.39, 0.29) is 0 Å². The number of anilines is 1. The zero-order valence-corrected chi connectivity index (χ0v) is 10.8. The Morgan fingerprint density at radius 2 is 2.37 bits per heavy atom. The van der Waals surface area contributed by atoms with E-state index in [0.717, 1.165) is 31.1 Å². The van der Waals surface area contributed by atoms with Crippen molar-refractivity contribution in [1.29, 1.82) is 0 Å². The van der Waals surface area contributed by atoms with Gasteiger partial charge in [0, 0.05) is 43.8 Å². The zero-order valence-electron chi connectivity index (χ0n) is 10.8. The maximum atomic E-state index is 4.20. The highest BCUT2D eigenvalue weighted by Crippen LogP contribution is 2.22. The summed E-state index contributed by atoms with van der Waals surface area (Å²) in [5.41, 5.74) is 1.11. The summed E-state index contributed by atoms with van der Waals surface area (Å²) in [6.45, 7) is 2.84. The van der Waals surface area contributed by atoms with Gasteiger partial charge in [0.15, 0.2) is 5.82 Å². The lowest BCUT2D eigenvalue weighted by atomic mass is 10.2. The number of H-pyrrole nitrogens is 1. The molecule has 2 aromatic heterocycles. The second kappa shape index (κ2) is 5.79. The van der Waals surface area contributed by atoms with Crippen molar-refractivity contribution in [3.05, 3.63) is 36.3 Å². The topological polar surface area (TPSA) is 69.7 Å². The largest absolute Gasteiger partial charge is 0.351 e. The van der Waals surface area contributed by atoms with Gasteiger partial charge in [-0.25, -0.2) is 0 Å². The molecule has 1 aliphatic heterocycles. The number of rotatable bonds is 5. The molecule has 100 valence electrons. The smallest absolute Gasteiger partial charge is 0.151 e. The van der Waals surface area contributed by atoms with Gasteiger partial charge in [0.2, 0.25) is 0 Å². The molecule has 1 saturated heterocycles. The van der Waals surface area contributed by atoms with Crippen molar-refractivity contribution in [2.45, 2.75) is 25.4 Å². The van der Waals surface area contributed by atoms with Crippen LogP contribution in [0.2, 0.25) is 0 Å². The van der Waals surface area contributed by atoms with Crippen LogP contribution in [0.5, 0.6) is 0 Å². The van der Waals surface area contributed by atoms with Gasteiger partial charge >= 0.3 is 0 Å². The van der Waals surface area contributed by atoms with Crippen molar-refractivity contribution >= 4 is 5.82 Å². The van der Waals surface area contributed by atoms with Gasteiger partial charge in [0.25, 0.3) is 0 Å². The molecule has 0 unspecified atom stereocenters. The van der Waals surface area contributed by atoms with E-state index >= 15 is 0 Å². The van der Waals surface area contributed by atoms with Gasteiger partial charge in [-0.2, -0.15) is 10.2 Å². The Hall–Kier alpha value is -1.95. The lowest BCUT2D eigenvalue weighted by Gasteiger charge is -2.25. The molecule has 2 aromatic rings. The van der Waals surface area contributed by atoms with Crippen LogP contribution >= 0.6 is 0 Å². The van der Waals surface area contributed by atoms with Crippen LogP contribution in [-0.2, 0) is 6.54 Å². The molecule has 6 heteroatoms. The maximum absolute atomic E-state index is 4.20. The molecule has 3 rings (SSSR count). The van der Waals surface area contributed by atoms with E-state index in [2.05, 4.69) is 30.6 Å². The molecule has 0 bridgehead atoms. The fourth-order valence-electron chi connectivity index (χ4n) is 2.55. The average Bonchev–Trinajstić information content (AvgIpc) is 3.11. The van der Waals surface area contributed by atoms with E-state index < -0.39 is 0 Å². The van der Waals surface area contributed by atoms with Crippen LogP contribution in [0.1, 0.15) is 18.5 Å². The van der Waals surface area contributed by atoms with Crippen molar-refractivity contribution in [3.8, 4) is 0 Å². The van der Waals surface area contributed by atoms with Crippen LogP contribution in [0, 0.1) is 0 Å². The summed E-state index contributed by atoms with van der Waals surface area (Å²) in [7, 11) is 0. The number of hydrogen-bond donors (Lipinski definition) is 2. The minimum absolute atomic E-state index is 0.500. The average molecular weight is 258 g/mol. The number of aromatic nitrogens is 4. The highest BCUT2D eigenvalue weighted by molar-refractivity contribution is 5.39. The lowest BCUT2D eigenvalue weighted by molar-refractivity contribution is 0.565. The monoisotopic (exact) mass is 258 g/mol. The Balaban J connectivity index is 1.55. The third kappa shape index (κ3) is 2.90. The second-order valence-corrected chi connectivity index (χ2v) is 4.78. The predicted molar refractivity (Wildman–Crippen MR) is 72.7 cm³/mol. The summed E-state index contributed by atoms with van der Waals surface area (Å²) in [6, 6.07) is 6.46. The highest BCUT2D eigenvalue weighted by atomic mass is 15.3. The normalized spacial score (nSPS) is 18.9. The third-order valence-corrected chi connectivity index (χ3v) is 3.48. The Morgan fingerprint density at radius 1 is 1.37 bits per heavy atom. The molecule has 0 aromatic carbocycles. The quantitative estimate of drug-likeness (QED) is 0.836. The van der Waals surface area contributed by atoms with Gasteiger partial charge in [0.05, 0.1) is 0 Å². The molecule has 6 nitrogen and oxygen atoms in total. The van der Waals surface area contributed by atoms with Gasteiger partial charge in [0.1, 0.15) is 0 Å². The van der Waals surface area contributed by atoms with Crippen LogP contribution in [0.4, 0.5) is 5.82 Å². The number of nitrogens with one attached hydrogen (secondary N) is 2. The van der Waals surface area contributed by atoms with Crippen LogP contribution in [0.15, 0.2) is 30.6 Å². The van der Waals surface area contributed by atoms with Crippen molar-refractivity contribution < 1.29 is 0 Å². The molecule has 2 N–H and O–H groups in total. The minimum atomic E-state index is 0.500. The second-order valence-electron chi connectivity index (χ2n) is 4.78. The number of hydrogen-bond acceptors (Lipinski definition) is 5. The summed E-state index contributed by atoms with van der Waals surface area (Å²) >= 11 is 0. The molecule has 0 radical (unpaired) electrons. The molecule has 19 heavy (non-hydrogen) atoms. The molecule has 0 aliphatic carbocycles. The van der Waals surface area contributed by atoms with E-state index in [4.69, 9.17) is 0 Å². The van der Waals surface area contributed by atoms with E-state index in [9.17, 15) is 0 Å². The van der Waals surface area contributed by atoms with E-state index in [0.29, 0.717) is 6.04 Å². The molecular formula is C13H18N6. The Labute approximate surface area is 112 Å². The minimum Gasteiger partial charge on any atom is -0.351 e. The molecule has 1 aliphatic rings. The third-order valence-electron chi connectivity index (χ3n) is 3.48. The summed E-state index contributed by atoms with van der Waals surface area (Å²) < 4.78 is 0. The van der Waals surface area contributed by atoms with Crippen LogP contribution in [-0.4, -0.2) is 39.5 Å². The molecule has 1 fully saturated rings. The Kier molecular flexibility index (Phi) is 3.69. The van der Waals surface area contributed by atoms with Crippen LogP contribution in [0.25, 0.3) is 0 Å². The van der Waals surface area contributed by atoms with Gasteiger partial charge in [-0.1, -0.05) is 0 Å². The molecule has 3 heterocycles. The highest BCUT2D eigenvalue weighted by Gasteiger charge is 2.25. The van der Waals surface area contributed by atoms with E-state index in [1.807, 2.05) is 18.2 Å². The lowest BCUT2D eigenvalue weighted by Crippen LogP contribution is -2.38. The first kappa shape index (κ1) is 12.1. The van der Waals surface area contributed by atoms with Crippen LogP contribution < -0.4 is 10.2 Å². The summed E-state index contributed by atoms with van der Waals surface area (Å²) in [5, 5.41) is 18.5. The maximum Gasteiger partial charge on any atom is 0.151 e. The number of nitrogens with zero attached hydrogens (tertiary/aromatic N) is 4. The standard InChI is InChI=1S/C13H18N6/c1-4-13(18-15-6-1)19-8-2-3-12(19)10-14-9-11-5-7-16-17-11/h1,4-7,12,14H,2-3,8-10H2,(H,16,17)/t12-/m1/s1. The predicted octanol–water partition coefficient (Wildman–Crippen LogP) is 0.958. The fourth-order valence-corrected chi connectivity index (χ4v) is 2.55. The van der Waals surface area contributed by atoms with E-state index in [1.54, 1.807) is 12.4 Å². The molecule has 0 amide bonds. The zero-order chi connectivity index (χ0) is 12.9. The molecule has 1 atom stereocenters. The Bertz CT molecular complexity index is 483. The molecule has 0 saturated carbocycles. The summed E-state index contributed by atoms with van der Waals surface area (Å²) in [6.07, 6.45) is 5.91. The van der Waals surface area contributed by atoms with Crippen molar-refractivity contribution in [2.75, 3.05) is 18.0 Å². The molecular weight excluding hydrogens is 240 g/mol. The van der Waals surface area contributed by atoms with E-state index in [1.165, 1.54) is 12.8 Å². The first-order valence-corrected chi connectivity index (χ1v) is 6.67. The number of aromatic amines is 1.